The molecule has 0 aromatic heterocycles. The van der Waals surface area contributed by atoms with Gasteiger partial charge in [-0.25, -0.2) is 4.79 Å². The number of rotatable bonds is 4. The minimum Gasteiger partial charge on any atom is -0.467 e. The predicted molar refractivity (Wildman–Crippen MR) is 84.9 cm³/mol. The lowest BCUT2D eigenvalue weighted by Gasteiger charge is -2.45. The Hall–Kier alpha value is -2.33. The number of aliphatic hydroxyl groups is 1. The zero-order chi connectivity index (χ0) is 15.6. The van der Waals surface area contributed by atoms with Crippen LogP contribution in [0.5, 0.6) is 0 Å². The molecule has 0 amide bonds. The first-order valence-corrected chi connectivity index (χ1v) is 7.29. The van der Waals surface area contributed by atoms with Gasteiger partial charge in [0.25, 0.3) is 0 Å². The van der Waals surface area contributed by atoms with Gasteiger partial charge in [0.1, 0.15) is 0 Å². The van der Waals surface area contributed by atoms with E-state index in [0.29, 0.717) is 0 Å². The summed E-state index contributed by atoms with van der Waals surface area (Å²) in [5, 5.41) is 10.1. The quantitative estimate of drug-likeness (QED) is 0.877. The monoisotopic (exact) mass is 297 g/mol. The van der Waals surface area contributed by atoms with Crippen molar-refractivity contribution in [3.63, 3.8) is 0 Å². The lowest BCUT2D eigenvalue weighted by atomic mass is 9.93. The first-order valence-electron chi connectivity index (χ1n) is 7.29. The highest BCUT2D eigenvalue weighted by molar-refractivity contribution is 5.83. The molecule has 0 saturated carbocycles. The van der Waals surface area contributed by atoms with Gasteiger partial charge in [-0.05, 0) is 29.7 Å². The van der Waals surface area contributed by atoms with E-state index in [9.17, 15) is 9.90 Å². The fraction of sp³-hybridized carbons (Fsp3) is 0.278. The summed E-state index contributed by atoms with van der Waals surface area (Å²) in [6.45, 7) is 0.545. The Bertz CT molecular complexity index is 663. The molecule has 1 aliphatic heterocycles. The number of anilines is 1. The number of esters is 1. The van der Waals surface area contributed by atoms with Crippen molar-refractivity contribution < 1.29 is 14.6 Å². The Morgan fingerprint density at radius 2 is 1.82 bits per heavy atom. The lowest BCUT2D eigenvalue weighted by Crippen LogP contribution is -2.66. The maximum atomic E-state index is 11.5. The van der Waals surface area contributed by atoms with Gasteiger partial charge in [0.2, 0.25) is 0 Å². The number of hydrogen-bond acceptors (Lipinski definition) is 4. The standard InChI is InChI=1S/C18H19NO3/c1-22-17(20)18(21)12-19(13-18)16-9-5-8-15(11-16)10-14-6-3-2-4-7-14/h2-9,11,21H,10,12-13H2,1H3. The van der Waals surface area contributed by atoms with E-state index in [1.165, 1.54) is 18.2 Å². The van der Waals surface area contributed by atoms with Crippen LogP contribution in [-0.2, 0) is 16.0 Å². The summed E-state index contributed by atoms with van der Waals surface area (Å²) in [5.41, 5.74) is 2.11. The van der Waals surface area contributed by atoms with Crippen molar-refractivity contribution in [2.75, 3.05) is 25.1 Å². The summed E-state index contributed by atoms with van der Waals surface area (Å²) in [4.78, 5) is 13.5. The van der Waals surface area contributed by atoms with Crippen LogP contribution in [0.25, 0.3) is 0 Å². The van der Waals surface area contributed by atoms with Gasteiger partial charge in [-0.2, -0.15) is 0 Å². The van der Waals surface area contributed by atoms with Crippen molar-refractivity contribution >= 4 is 11.7 Å². The molecule has 2 aromatic rings. The molecular weight excluding hydrogens is 278 g/mol. The summed E-state index contributed by atoms with van der Waals surface area (Å²) >= 11 is 0. The molecular formula is C18H19NO3. The van der Waals surface area contributed by atoms with Gasteiger partial charge in [-0.15, -0.1) is 0 Å². The lowest BCUT2D eigenvalue weighted by molar-refractivity contribution is -0.164. The van der Waals surface area contributed by atoms with Crippen LogP contribution in [-0.4, -0.2) is 36.9 Å². The third-order valence-electron chi connectivity index (χ3n) is 4.00. The van der Waals surface area contributed by atoms with Crippen LogP contribution in [0, 0.1) is 0 Å². The molecule has 1 aliphatic rings. The molecule has 1 fully saturated rings. The van der Waals surface area contributed by atoms with Crippen LogP contribution < -0.4 is 4.90 Å². The fourth-order valence-corrected chi connectivity index (χ4v) is 2.78. The van der Waals surface area contributed by atoms with Gasteiger partial charge in [0, 0.05) is 5.69 Å². The number of benzene rings is 2. The normalized spacial score (nSPS) is 16.0. The Morgan fingerprint density at radius 3 is 2.50 bits per heavy atom. The molecule has 1 heterocycles. The Morgan fingerprint density at radius 1 is 1.14 bits per heavy atom. The zero-order valence-corrected chi connectivity index (χ0v) is 12.5. The average molecular weight is 297 g/mol. The van der Waals surface area contributed by atoms with Gasteiger partial charge < -0.3 is 14.7 Å². The fourth-order valence-electron chi connectivity index (χ4n) is 2.78. The van der Waals surface area contributed by atoms with Crippen molar-refractivity contribution in [3.05, 3.63) is 65.7 Å². The summed E-state index contributed by atoms with van der Waals surface area (Å²) in [6.07, 6.45) is 0.865. The molecule has 4 nitrogen and oxygen atoms in total. The SMILES string of the molecule is COC(=O)C1(O)CN(c2cccc(Cc3ccccc3)c2)C1. The van der Waals surface area contributed by atoms with E-state index in [2.05, 4.69) is 29.0 Å². The largest absolute Gasteiger partial charge is 0.467 e. The van der Waals surface area contributed by atoms with Gasteiger partial charge in [0.05, 0.1) is 20.2 Å². The molecule has 2 aromatic carbocycles. The van der Waals surface area contributed by atoms with E-state index in [1.807, 2.05) is 35.2 Å². The Kier molecular flexibility index (Phi) is 3.86. The number of nitrogens with zero attached hydrogens (tertiary/aromatic N) is 1. The molecule has 4 heteroatoms. The molecule has 3 rings (SSSR count). The molecule has 22 heavy (non-hydrogen) atoms. The number of hydrogen-bond donors (Lipinski definition) is 1. The number of methoxy groups -OCH3 is 1. The van der Waals surface area contributed by atoms with Crippen molar-refractivity contribution in [2.45, 2.75) is 12.0 Å². The molecule has 0 spiro atoms. The van der Waals surface area contributed by atoms with Crippen LogP contribution in [0.2, 0.25) is 0 Å². The van der Waals surface area contributed by atoms with Crippen LogP contribution in [0.1, 0.15) is 11.1 Å². The maximum Gasteiger partial charge on any atom is 0.341 e. The van der Waals surface area contributed by atoms with Crippen LogP contribution in [0.4, 0.5) is 5.69 Å². The van der Waals surface area contributed by atoms with E-state index >= 15 is 0 Å². The van der Waals surface area contributed by atoms with Crippen molar-refractivity contribution in [3.8, 4) is 0 Å². The molecule has 0 radical (unpaired) electrons. The highest BCUT2D eigenvalue weighted by Crippen LogP contribution is 2.29. The zero-order valence-electron chi connectivity index (χ0n) is 12.5. The number of ether oxygens (including phenoxy) is 1. The van der Waals surface area contributed by atoms with Crippen molar-refractivity contribution in [2.24, 2.45) is 0 Å². The van der Waals surface area contributed by atoms with E-state index in [-0.39, 0.29) is 13.1 Å². The van der Waals surface area contributed by atoms with Crippen LogP contribution in [0.3, 0.4) is 0 Å². The highest BCUT2D eigenvalue weighted by Gasteiger charge is 2.49. The molecule has 1 saturated heterocycles. The smallest absolute Gasteiger partial charge is 0.341 e. The molecule has 0 atom stereocenters. The minimum atomic E-state index is -1.37. The summed E-state index contributed by atoms with van der Waals surface area (Å²) < 4.78 is 4.63. The molecule has 1 N–H and O–H groups in total. The summed E-state index contributed by atoms with van der Waals surface area (Å²) in [7, 11) is 1.30. The van der Waals surface area contributed by atoms with Gasteiger partial charge >= 0.3 is 5.97 Å². The van der Waals surface area contributed by atoms with Gasteiger partial charge in [-0.3, -0.25) is 0 Å². The Labute approximate surface area is 130 Å². The van der Waals surface area contributed by atoms with Crippen LogP contribution in [0.15, 0.2) is 54.6 Å². The van der Waals surface area contributed by atoms with E-state index in [1.54, 1.807) is 0 Å². The van der Waals surface area contributed by atoms with Crippen molar-refractivity contribution in [1.29, 1.82) is 0 Å². The summed E-state index contributed by atoms with van der Waals surface area (Å²) in [6, 6.07) is 18.5. The maximum absolute atomic E-state index is 11.5. The van der Waals surface area contributed by atoms with E-state index in [4.69, 9.17) is 0 Å². The van der Waals surface area contributed by atoms with E-state index < -0.39 is 11.6 Å². The summed E-state index contributed by atoms with van der Waals surface area (Å²) in [5.74, 6) is -0.566. The third-order valence-corrected chi connectivity index (χ3v) is 4.00. The van der Waals surface area contributed by atoms with Gasteiger partial charge in [0.15, 0.2) is 5.60 Å². The molecule has 0 bridgehead atoms. The highest BCUT2D eigenvalue weighted by atomic mass is 16.5. The predicted octanol–water partition coefficient (Wildman–Crippen LogP) is 2.00. The molecule has 0 aliphatic carbocycles. The second-order valence-electron chi connectivity index (χ2n) is 5.71. The number of β-amino-alcohol motifs (C(OH)–C–C–N with tert-alkyl or cyclic N) is 1. The first kappa shape index (κ1) is 14.6. The topological polar surface area (TPSA) is 49.8 Å². The molecule has 114 valence electrons. The Balaban J connectivity index is 1.70. The van der Waals surface area contributed by atoms with Crippen molar-refractivity contribution in [1.82, 2.24) is 0 Å². The van der Waals surface area contributed by atoms with Crippen LogP contribution >= 0.6 is 0 Å². The average Bonchev–Trinajstić information content (AvgIpc) is 2.52. The second kappa shape index (κ2) is 5.81. The molecule has 0 unspecified atom stereocenters. The third kappa shape index (κ3) is 2.83. The first-order chi connectivity index (χ1) is 10.6. The second-order valence-corrected chi connectivity index (χ2v) is 5.71. The van der Waals surface area contributed by atoms with Gasteiger partial charge in [-0.1, -0.05) is 42.5 Å². The minimum absolute atomic E-state index is 0.272. The number of carbonyl (C=O) groups is 1. The van der Waals surface area contributed by atoms with E-state index in [0.717, 1.165) is 12.1 Å². The number of carbonyl (C=O) groups excluding carboxylic acids is 1.